The van der Waals surface area contributed by atoms with Crippen LogP contribution in [-0.4, -0.2) is 40.8 Å². The summed E-state index contributed by atoms with van der Waals surface area (Å²) in [6, 6.07) is 11.3. The van der Waals surface area contributed by atoms with Crippen molar-refractivity contribution in [1.29, 1.82) is 0 Å². The highest BCUT2D eigenvalue weighted by atomic mass is 35.5. The van der Waals surface area contributed by atoms with Gasteiger partial charge in [-0.05, 0) is 23.7 Å². The quantitative estimate of drug-likeness (QED) is 0.408. The van der Waals surface area contributed by atoms with Gasteiger partial charge in [0, 0.05) is 17.5 Å². The Morgan fingerprint density at radius 3 is 2.26 bits per heavy atom. The first kappa shape index (κ1) is 22.2. The maximum atomic E-state index is 6.06. The third-order valence-electron chi connectivity index (χ3n) is 4.35. The SMILES string of the molecule is CC.COc1cc(-n2cnc(Nc3nc(Cl)nc4ccccc34)c2)cc(OC)c1OC. The molecule has 0 aliphatic carbocycles. The topological polar surface area (TPSA) is 83.3 Å². The lowest BCUT2D eigenvalue weighted by molar-refractivity contribution is 0.324. The Morgan fingerprint density at radius 1 is 0.935 bits per heavy atom. The number of halogens is 1. The minimum Gasteiger partial charge on any atom is -0.493 e. The smallest absolute Gasteiger partial charge is 0.224 e. The summed E-state index contributed by atoms with van der Waals surface area (Å²) in [6.45, 7) is 4.00. The molecule has 8 nitrogen and oxygen atoms in total. The molecule has 0 atom stereocenters. The largest absolute Gasteiger partial charge is 0.493 e. The number of nitrogens with one attached hydrogen (secondary N) is 1. The van der Waals surface area contributed by atoms with Gasteiger partial charge >= 0.3 is 0 Å². The van der Waals surface area contributed by atoms with Gasteiger partial charge in [0.25, 0.3) is 0 Å². The summed E-state index contributed by atoms with van der Waals surface area (Å²) < 4.78 is 18.0. The molecule has 162 valence electrons. The highest BCUT2D eigenvalue weighted by Crippen LogP contribution is 2.39. The summed E-state index contributed by atoms with van der Waals surface area (Å²) in [5.41, 5.74) is 1.55. The average molecular weight is 442 g/mol. The summed E-state index contributed by atoms with van der Waals surface area (Å²) in [5.74, 6) is 2.81. The van der Waals surface area contributed by atoms with Crippen molar-refractivity contribution in [1.82, 2.24) is 19.5 Å². The maximum absolute atomic E-state index is 6.06. The number of imidazole rings is 1. The van der Waals surface area contributed by atoms with Crippen LogP contribution in [0.5, 0.6) is 17.2 Å². The van der Waals surface area contributed by atoms with Gasteiger partial charge in [-0.2, -0.15) is 4.98 Å². The van der Waals surface area contributed by atoms with Crippen LogP contribution in [0, 0.1) is 0 Å². The molecule has 0 saturated heterocycles. The molecular formula is C22H24ClN5O3. The molecule has 9 heteroatoms. The highest BCUT2D eigenvalue weighted by Gasteiger charge is 2.15. The maximum Gasteiger partial charge on any atom is 0.224 e. The van der Waals surface area contributed by atoms with E-state index < -0.39 is 0 Å². The molecular weight excluding hydrogens is 418 g/mol. The normalized spacial score (nSPS) is 10.3. The molecule has 0 saturated carbocycles. The zero-order chi connectivity index (χ0) is 22.4. The van der Waals surface area contributed by atoms with Crippen molar-refractivity contribution >= 4 is 34.1 Å². The van der Waals surface area contributed by atoms with Crippen LogP contribution in [-0.2, 0) is 0 Å². The number of para-hydroxylation sites is 1. The van der Waals surface area contributed by atoms with Crippen molar-refractivity contribution in [3.63, 3.8) is 0 Å². The van der Waals surface area contributed by atoms with Gasteiger partial charge < -0.3 is 24.1 Å². The van der Waals surface area contributed by atoms with E-state index in [9.17, 15) is 0 Å². The molecule has 2 aromatic heterocycles. The molecule has 2 aromatic carbocycles. The zero-order valence-electron chi connectivity index (χ0n) is 18.0. The van der Waals surface area contributed by atoms with Crippen LogP contribution < -0.4 is 19.5 Å². The molecule has 0 spiro atoms. The number of hydrogen-bond donors (Lipinski definition) is 1. The summed E-state index contributed by atoms with van der Waals surface area (Å²) in [7, 11) is 4.72. The van der Waals surface area contributed by atoms with Gasteiger partial charge in [-0.15, -0.1) is 0 Å². The molecule has 0 radical (unpaired) electrons. The highest BCUT2D eigenvalue weighted by molar-refractivity contribution is 6.28. The second-order valence-electron chi connectivity index (χ2n) is 6.03. The van der Waals surface area contributed by atoms with Gasteiger partial charge in [0.15, 0.2) is 11.5 Å². The number of methoxy groups -OCH3 is 3. The van der Waals surface area contributed by atoms with Gasteiger partial charge in [-0.1, -0.05) is 26.0 Å². The monoisotopic (exact) mass is 441 g/mol. The second kappa shape index (κ2) is 9.99. The Bertz CT molecular complexity index is 1150. The van der Waals surface area contributed by atoms with Crippen LogP contribution in [0.2, 0.25) is 5.28 Å². The molecule has 0 amide bonds. The van der Waals surface area contributed by atoms with Crippen LogP contribution in [0.3, 0.4) is 0 Å². The Hall–Kier alpha value is -3.52. The van der Waals surface area contributed by atoms with E-state index in [0.29, 0.717) is 28.9 Å². The van der Waals surface area contributed by atoms with Crippen molar-refractivity contribution in [2.24, 2.45) is 0 Å². The van der Waals surface area contributed by atoms with Crippen LogP contribution in [0.25, 0.3) is 16.6 Å². The van der Waals surface area contributed by atoms with E-state index in [4.69, 9.17) is 25.8 Å². The van der Waals surface area contributed by atoms with Gasteiger partial charge in [0.05, 0.1) is 38.7 Å². The first-order valence-corrected chi connectivity index (χ1v) is 10.0. The van der Waals surface area contributed by atoms with Crippen LogP contribution in [0.15, 0.2) is 48.9 Å². The predicted molar refractivity (Wildman–Crippen MR) is 122 cm³/mol. The summed E-state index contributed by atoms with van der Waals surface area (Å²) >= 11 is 6.06. The molecule has 4 aromatic rings. The predicted octanol–water partition coefficient (Wildman–Crippen LogP) is 5.26. The Kier molecular flexibility index (Phi) is 7.15. The van der Waals surface area contributed by atoms with Crippen molar-refractivity contribution in [3.05, 3.63) is 54.2 Å². The molecule has 0 bridgehead atoms. The molecule has 1 N–H and O–H groups in total. The van der Waals surface area contributed by atoms with Crippen molar-refractivity contribution in [3.8, 4) is 22.9 Å². The van der Waals surface area contributed by atoms with Crippen LogP contribution in [0.4, 0.5) is 11.6 Å². The van der Waals surface area contributed by atoms with Gasteiger partial charge in [0.1, 0.15) is 18.0 Å². The van der Waals surface area contributed by atoms with Crippen LogP contribution >= 0.6 is 11.6 Å². The van der Waals surface area contributed by atoms with E-state index in [1.807, 2.05) is 61.0 Å². The molecule has 4 rings (SSSR count). The number of fused-ring (bicyclic) bond motifs is 1. The lowest BCUT2D eigenvalue weighted by Gasteiger charge is -2.14. The summed E-state index contributed by atoms with van der Waals surface area (Å²) in [5, 5.41) is 4.21. The van der Waals surface area contributed by atoms with E-state index in [1.165, 1.54) is 0 Å². The van der Waals surface area contributed by atoms with E-state index in [-0.39, 0.29) is 5.28 Å². The Labute approximate surface area is 185 Å². The molecule has 0 fully saturated rings. The van der Waals surface area contributed by atoms with E-state index in [1.54, 1.807) is 27.7 Å². The minimum absolute atomic E-state index is 0.162. The molecule has 2 heterocycles. The lowest BCUT2D eigenvalue weighted by atomic mass is 10.2. The fourth-order valence-electron chi connectivity index (χ4n) is 3.01. The Morgan fingerprint density at radius 2 is 1.61 bits per heavy atom. The number of nitrogens with zero attached hydrogens (tertiary/aromatic N) is 4. The first-order valence-electron chi connectivity index (χ1n) is 9.66. The zero-order valence-corrected chi connectivity index (χ0v) is 18.8. The molecule has 0 unspecified atom stereocenters. The summed E-state index contributed by atoms with van der Waals surface area (Å²) in [4.78, 5) is 12.9. The number of hydrogen-bond acceptors (Lipinski definition) is 7. The summed E-state index contributed by atoms with van der Waals surface area (Å²) in [6.07, 6.45) is 3.50. The van der Waals surface area contributed by atoms with Crippen molar-refractivity contribution < 1.29 is 14.2 Å². The average Bonchev–Trinajstić information content (AvgIpc) is 3.27. The van der Waals surface area contributed by atoms with Gasteiger partial charge in [-0.3, -0.25) is 0 Å². The number of benzene rings is 2. The fourth-order valence-corrected chi connectivity index (χ4v) is 3.19. The molecule has 0 aliphatic heterocycles. The van der Waals surface area contributed by atoms with Gasteiger partial charge in [0.2, 0.25) is 11.0 Å². The Balaban J connectivity index is 0.00000132. The van der Waals surface area contributed by atoms with Crippen LogP contribution in [0.1, 0.15) is 13.8 Å². The lowest BCUT2D eigenvalue weighted by Crippen LogP contribution is -1.99. The minimum atomic E-state index is 0.162. The molecule has 31 heavy (non-hydrogen) atoms. The number of rotatable bonds is 6. The second-order valence-corrected chi connectivity index (χ2v) is 6.37. The van der Waals surface area contributed by atoms with Crippen molar-refractivity contribution in [2.75, 3.05) is 26.6 Å². The first-order chi connectivity index (χ1) is 15.1. The number of aromatic nitrogens is 4. The van der Waals surface area contributed by atoms with Crippen molar-refractivity contribution in [2.45, 2.75) is 13.8 Å². The standard InChI is InChI=1S/C20H18ClN5O3.C2H6/c1-27-15-8-12(9-16(28-2)18(15)29-3)26-10-17(22-11-26)24-19-13-6-4-5-7-14(13)23-20(21)25-19;1-2/h4-11H,1-3H3,(H,23,24,25);1-2H3. The third kappa shape index (κ3) is 4.64. The third-order valence-corrected chi connectivity index (χ3v) is 4.52. The molecule has 0 aliphatic rings. The van der Waals surface area contributed by atoms with E-state index >= 15 is 0 Å². The fraction of sp³-hybridized carbons (Fsp3) is 0.227. The number of anilines is 2. The van der Waals surface area contributed by atoms with E-state index in [2.05, 4.69) is 20.3 Å². The number of ether oxygens (including phenoxy) is 3. The van der Waals surface area contributed by atoms with Gasteiger partial charge in [-0.25, -0.2) is 9.97 Å². The van der Waals surface area contributed by atoms with E-state index in [0.717, 1.165) is 16.6 Å².